The van der Waals surface area contributed by atoms with Gasteiger partial charge in [-0.05, 0) is 67.6 Å². The van der Waals surface area contributed by atoms with Gasteiger partial charge >= 0.3 is 0 Å². The zero-order valence-corrected chi connectivity index (χ0v) is 11.5. The van der Waals surface area contributed by atoms with Crippen molar-refractivity contribution in [2.75, 3.05) is 5.73 Å². The van der Waals surface area contributed by atoms with E-state index in [1.807, 2.05) is 6.07 Å². The minimum atomic E-state index is -0.0538. The minimum Gasteiger partial charge on any atom is -0.457 e. The summed E-state index contributed by atoms with van der Waals surface area (Å²) in [5.41, 5.74) is 9.55. The van der Waals surface area contributed by atoms with Crippen LogP contribution in [0.3, 0.4) is 0 Å². The van der Waals surface area contributed by atoms with Crippen LogP contribution >= 0.6 is 0 Å². The number of hydrogen-bond donors (Lipinski definition) is 1. The van der Waals surface area contributed by atoms with Gasteiger partial charge in [0.2, 0.25) is 0 Å². The van der Waals surface area contributed by atoms with E-state index in [1.54, 1.807) is 18.2 Å². The molecule has 0 heterocycles. The van der Waals surface area contributed by atoms with E-state index < -0.39 is 0 Å². The maximum atomic E-state index is 11.5. The van der Waals surface area contributed by atoms with Crippen molar-refractivity contribution in [3.8, 4) is 11.5 Å². The number of anilines is 1. The van der Waals surface area contributed by atoms with E-state index in [-0.39, 0.29) is 5.78 Å². The number of ether oxygens (including phenoxy) is 1. The van der Waals surface area contributed by atoms with Crippen LogP contribution in [0.4, 0.5) is 5.69 Å². The predicted molar refractivity (Wildman–Crippen MR) is 79.4 cm³/mol. The molecule has 0 unspecified atom stereocenters. The topological polar surface area (TPSA) is 52.3 Å². The number of hydrogen-bond acceptors (Lipinski definition) is 3. The maximum absolute atomic E-state index is 11.5. The lowest BCUT2D eigenvalue weighted by molar-refractivity contribution is 0.101. The van der Waals surface area contributed by atoms with Crippen molar-refractivity contribution in [1.82, 2.24) is 0 Å². The molecule has 0 spiro atoms. The van der Waals surface area contributed by atoms with Crippen molar-refractivity contribution in [2.45, 2.75) is 26.2 Å². The monoisotopic (exact) mass is 267 g/mol. The minimum absolute atomic E-state index is 0.0538. The normalized spacial score (nSPS) is 13.1. The van der Waals surface area contributed by atoms with Gasteiger partial charge in [0.25, 0.3) is 0 Å². The lowest BCUT2D eigenvalue weighted by Crippen LogP contribution is -1.99. The third-order valence-corrected chi connectivity index (χ3v) is 3.71. The van der Waals surface area contributed by atoms with Crippen LogP contribution in [0.15, 0.2) is 36.4 Å². The van der Waals surface area contributed by atoms with Crippen molar-refractivity contribution < 1.29 is 9.53 Å². The van der Waals surface area contributed by atoms with Crippen molar-refractivity contribution in [3.05, 3.63) is 53.1 Å². The number of Topliss-reactive ketones (excluding diaryl/α,β-unsaturated/α-hetero) is 1. The molecule has 0 aromatic heterocycles. The standard InChI is InChI=1S/C17H17NO2/c1-11(19)16-10-15(7-8-17(16)18)20-14-6-5-12-3-2-4-13(12)9-14/h5-10H,2-4,18H2,1H3. The largest absolute Gasteiger partial charge is 0.457 e. The number of carbonyl (C=O) groups excluding carboxylic acids is 1. The summed E-state index contributed by atoms with van der Waals surface area (Å²) in [7, 11) is 0. The lowest BCUT2D eigenvalue weighted by atomic mass is 10.1. The Kier molecular flexibility index (Phi) is 3.18. The summed E-state index contributed by atoms with van der Waals surface area (Å²) >= 11 is 0. The summed E-state index contributed by atoms with van der Waals surface area (Å²) in [6.07, 6.45) is 3.49. The van der Waals surface area contributed by atoms with Gasteiger partial charge < -0.3 is 10.5 Å². The average Bonchev–Trinajstić information content (AvgIpc) is 2.88. The average molecular weight is 267 g/mol. The maximum Gasteiger partial charge on any atom is 0.162 e. The molecule has 3 rings (SSSR count). The molecule has 0 radical (unpaired) electrons. The molecule has 20 heavy (non-hydrogen) atoms. The highest BCUT2D eigenvalue weighted by atomic mass is 16.5. The molecular formula is C17H17NO2. The Morgan fingerprint density at radius 1 is 1.05 bits per heavy atom. The van der Waals surface area contributed by atoms with Crippen LogP contribution in [-0.2, 0) is 12.8 Å². The van der Waals surface area contributed by atoms with E-state index in [1.165, 1.54) is 24.5 Å². The quantitative estimate of drug-likeness (QED) is 0.680. The van der Waals surface area contributed by atoms with Gasteiger partial charge in [0.05, 0.1) is 0 Å². The second-order valence-corrected chi connectivity index (χ2v) is 5.19. The van der Waals surface area contributed by atoms with Crippen LogP contribution < -0.4 is 10.5 Å². The zero-order valence-electron chi connectivity index (χ0n) is 11.5. The Hall–Kier alpha value is -2.29. The fraction of sp³-hybridized carbons (Fsp3) is 0.235. The highest BCUT2D eigenvalue weighted by Gasteiger charge is 2.12. The zero-order chi connectivity index (χ0) is 14.1. The molecule has 2 N–H and O–H groups in total. The van der Waals surface area contributed by atoms with E-state index in [2.05, 4.69) is 12.1 Å². The van der Waals surface area contributed by atoms with E-state index in [4.69, 9.17) is 10.5 Å². The van der Waals surface area contributed by atoms with Gasteiger partial charge in [-0.1, -0.05) is 6.07 Å². The van der Waals surface area contributed by atoms with Crippen molar-refractivity contribution >= 4 is 11.5 Å². The van der Waals surface area contributed by atoms with Gasteiger partial charge in [0.1, 0.15) is 11.5 Å². The summed E-state index contributed by atoms with van der Waals surface area (Å²) in [6.45, 7) is 1.50. The molecule has 0 saturated carbocycles. The number of aryl methyl sites for hydroxylation is 2. The third-order valence-electron chi connectivity index (χ3n) is 3.71. The van der Waals surface area contributed by atoms with E-state index >= 15 is 0 Å². The summed E-state index contributed by atoms with van der Waals surface area (Å²) in [4.78, 5) is 11.5. The first-order valence-electron chi connectivity index (χ1n) is 6.83. The summed E-state index contributed by atoms with van der Waals surface area (Å²) in [5.74, 6) is 1.40. The van der Waals surface area contributed by atoms with Gasteiger partial charge in [-0.25, -0.2) is 0 Å². The highest BCUT2D eigenvalue weighted by Crippen LogP contribution is 2.30. The molecule has 0 fully saturated rings. The number of fused-ring (bicyclic) bond motifs is 1. The number of nitrogens with two attached hydrogens (primary N) is 1. The van der Waals surface area contributed by atoms with Crippen LogP contribution in [-0.4, -0.2) is 5.78 Å². The van der Waals surface area contributed by atoms with Gasteiger partial charge in [-0.15, -0.1) is 0 Å². The summed E-state index contributed by atoms with van der Waals surface area (Å²) < 4.78 is 5.84. The van der Waals surface area contributed by atoms with Crippen LogP contribution in [0.2, 0.25) is 0 Å². The van der Waals surface area contributed by atoms with E-state index in [0.29, 0.717) is 17.0 Å². The molecule has 2 aromatic carbocycles. The molecule has 3 heteroatoms. The van der Waals surface area contributed by atoms with Crippen molar-refractivity contribution in [1.29, 1.82) is 0 Å². The van der Waals surface area contributed by atoms with E-state index in [0.717, 1.165) is 18.6 Å². The molecule has 0 atom stereocenters. The van der Waals surface area contributed by atoms with E-state index in [9.17, 15) is 4.79 Å². The molecule has 0 aliphatic heterocycles. The number of benzene rings is 2. The third kappa shape index (κ3) is 2.39. The van der Waals surface area contributed by atoms with Gasteiger partial charge in [-0.2, -0.15) is 0 Å². The summed E-state index contributed by atoms with van der Waals surface area (Å²) in [6, 6.07) is 11.4. The van der Waals surface area contributed by atoms with Crippen LogP contribution in [0.1, 0.15) is 34.8 Å². The van der Waals surface area contributed by atoms with Crippen molar-refractivity contribution in [3.63, 3.8) is 0 Å². The second kappa shape index (κ2) is 5.00. The second-order valence-electron chi connectivity index (χ2n) is 5.19. The lowest BCUT2D eigenvalue weighted by Gasteiger charge is -2.10. The summed E-state index contributed by atoms with van der Waals surface area (Å²) in [5, 5.41) is 0. The molecule has 1 aliphatic carbocycles. The first-order valence-corrected chi connectivity index (χ1v) is 6.83. The number of carbonyl (C=O) groups is 1. The Morgan fingerprint density at radius 2 is 1.75 bits per heavy atom. The Bertz CT molecular complexity index is 677. The number of ketones is 1. The van der Waals surface area contributed by atoms with Gasteiger partial charge in [0, 0.05) is 11.3 Å². The smallest absolute Gasteiger partial charge is 0.162 e. The van der Waals surface area contributed by atoms with Crippen molar-refractivity contribution in [2.24, 2.45) is 0 Å². The number of rotatable bonds is 3. The molecule has 2 aromatic rings. The fourth-order valence-electron chi connectivity index (χ4n) is 2.65. The first-order chi connectivity index (χ1) is 9.63. The molecular weight excluding hydrogens is 250 g/mol. The number of nitrogen functional groups attached to an aromatic ring is 1. The molecule has 3 nitrogen and oxygen atoms in total. The van der Waals surface area contributed by atoms with Gasteiger partial charge in [-0.3, -0.25) is 4.79 Å². The predicted octanol–water partition coefficient (Wildman–Crippen LogP) is 3.75. The molecule has 0 saturated heterocycles. The van der Waals surface area contributed by atoms with Gasteiger partial charge in [0.15, 0.2) is 5.78 Å². The first kappa shape index (κ1) is 12.7. The molecule has 1 aliphatic rings. The van der Waals surface area contributed by atoms with Crippen LogP contribution in [0.5, 0.6) is 11.5 Å². The Balaban J connectivity index is 1.88. The highest BCUT2D eigenvalue weighted by molar-refractivity contribution is 5.99. The van der Waals surface area contributed by atoms with Crippen LogP contribution in [0.25, 0.3) is 0 Å². The molecule has 0 bridgehead atoms. The molecule has 0 amide bonds. The van der Waals surface area contributed by atoms with Crippen LogP contribution in [0, 0.1) is 0 Å². The fourth-order valence-corrected chi connectivity index (χ4v) is 2.65. The SMILES string of the molecule is CC(=O)c1cc(Oc2ccc3c(c2)CCC3)ccc1N. The Labute approximate surface area is 118 Å². The molecule has 102 valence electrons. The Morgan fingerprint density at radius 3 is 2.55 bits per heavy atom.